The fourth-order valence-electron chi connectivity index (χ4n) is 4.98. The van der Waals surface area contributed by atoms with Crippen molar-refractivity contribution < 1.29 is 18.7 Å². The molecule has 0 aromatic heterocycles. The van der Waals surface area contributed by atoms with E-state index < -0.39 is 22.8 Å². The maximum atomic E-state index is 15.4. The van der Waals surface area contributed by atoms with Gasteiger partial charge in [0.2, 0.25) is 5.91 Å². The summed E-state index contributed by atoms with van der Waals surface area (Å²) in [6.45, 7) is 9.67. The molecule has 3 fully saturated rings. The van der Waals surface area contributed by atoms with Crippen molar-refractivity contribution in [2.24, 2.45) is 5.41 Å². The van der Waals surface area contributed by atoms with E-state index in [-0.39, 0.29) is 18.7 Å². The Morgan fingerprint density at radius 2 is 1.50 bits per heavy atom. The van der Waals surface area contributed by atoms with E-state index in [0.29, 0.717) is 45.4 Å². The number of nitrogens with zero attached hydrogens (tertiary/aromatic N) is 4. The van der Waals surface area contributed by atoms with Gasteiger partial charge in [-0.25, -0.2) is 9.18 Å². The number of hydrogen-bond acceptors (Lipinski definition) is 5. The number of amides is 2. The highest BCUT2D eigenvalue weighted by Crippen LogP contribution is 2.37. The zero-order valence-electron chi connectivity index (χ0n) is 20.0. The number of carbonyl (C=O) groups is 2. The van der Waals surface area contributed by atoms with Crippen LogP contribution in [0.3, 0.4) is 0 Å². The van der Waals surface area contributed by atoms with Gasteiger partial charge >= 0.3 is 6.09 Å². The molecule has 3 rings (SSSR count). The minimum Gasteiger partial charge on any atom is -0.444 e. The lowest BCUT2D eigenvalue weighted by Gasteiger charge is -2.43. The fourth-order valence-corrected chi connectivity index (χ4v) is 4.98. The van der Waals surface area contributed by atoms with Crippen molar-refractivity contribution in [3.8, 4) is 6.07 Å². The number of alkyl halides is 1. The standard InChI is InChI=1S/C24H39FN4O3/c1-22(2,3)32-21(31)29-15-7-23(19-26,8-16-29)20(30)28-17-10-24(25,11-18-28)9-14-27-12-5-4-6-13-27/h4-18H2,1-3H3. The Balaban J connectivity index is 1.50. The lowest BCUT2D eigenvalue weighted by atomic mass is 9.77. The molecule has 8 heteroatoms. The second kappa shape index (κ2) is 9.94. The molecule has 3 heterocycles. The molecular formula is C24H39FN4O3. The predicted octanol–water partition coefficient (Wildman–Crippen LogP) is 3.73. The second-order valence-corrected chi connectivity index (χ2v) is 10.8. The summed E-state index contributed by atoms with van der Waals surface area (Å²) in [5.74, 6) is -0.207. The molecule has 180 valence electrons. The Hall–Kier alpha value is -1.88. The van der Waals surface area contributed by atoms with Crippen LogP contribution in [0.4, 0.5) is 9.18 Å². The summed E-state index contributed by atoms with van der Waals surface area (Å²) in [5, 5.41) is 9.87. The van der Waals surface area contributed by atoms with E-state index in [1.165, 1.54) is 19.3 Å². The third-order valence-corrected chi connectivity index (χ3v) is 7.16. The highest BCUT2D eigenvalue weighted by Gasteiger charge is 2.47. The van der Waals surface area contributed by atoms with E-state index in [4.69, 9.17) is 4.74 Å². The van der Waals surface area contributed by atoms with E-state index in [2.05, 4.69) is 11.0 Å². The number of ether oxygens (including phenoxy) is 1. The topological polar surface area (TPSA) is 76.9 Å². The van der Waals surface area contributed by atoms with Gasteiger partial charge in [-0.3, -0.25) is 4.79 Å². The molecule has 3 aliphatic heterocycles. The van der Waals surface area contributed by atoms with Gasteiger partial charge in [-0.05, 0) is 78.8 Å². The molecule has 0 aliphatic carbocycles. The normalized spacial score (nSPS) is 24.0. The van der Waals surface area contributed by atoms with Crippen LogP contribution in [0.5, 0.6) is 0 Å². The van der Waals surface area contributed by atoms with E-state index >= 15 is 4.39 Å². The molecule has 0 radical (unpaired) electrons. The van der Waals surface area contributed by atoms with Crippen LogP contribution in [0.2, 0.25) is 0 Å². The van der Waals surface area contributed by atoms with Crippen LogP contribution in [0.1, 0.15) is 72.1 Å². The molecule has 0 atom stereocenters. The lowest BCUT2D eigenvalue weighted by Crippen LogP contribution is -2.54. The van der Waals surface area contributed by atoms with Crippen LogP contribution in [-0.4, -0.2) is 83.8 Å². The Kier molecular flexibility index (Phi) is 7.69. The first-order chi connectivity index (χ1) is 15.1. The van der Waals surface area contributed by atoms with Gasteiger partial charge in [0.25, 0.3) is 0 Å². The SMILES string of the molecule is CC(C)(C)OC(=O)N1CCC(C#N)(C(=O)N2CCC(F)(CCN3CCCCC3)CC2)CC1. The van der Waals surface area contributed by atoms with Crippen molar-refractivity contribution in [3.05, 3.63) is 0 Å². The fraction of sp³-hybridized carbons (Fsp3) is 0.875. The van der Waals surface area contributed by atoms with Gasteiger partial charge in [-0.2, -0.15) is 5.26 Å². The summed E-state index contributed by atoms with van der Waals surface area (Å²) in [7, 11) is 0. The van der Waals surface area contributed by atoms with Crippen LogP contribution in [-0.2, 0) is 9.53 Å². The molecule has 32 heavy (non-hydrogen) atoms. The smallest absolute Gasteiger partial charge is 0.410 e. The molecule has 0 aromatic rings. The Bertz CT molecular complexity index is 708. The Morgan fingerprint density at radius 1 is 0.938 bits per heavy atom. The minimum absolute atomic E-state index is 0.207. The summed E-state index contributed by atoms with van der Waals surface area (Å²) in [6.07, 6.45) is 5.00. The number of likely N-dealkylation sites (tertiary alicyclic amines) is 3. The predicted molar refractivity (Wildman–Crippen MR) is 120 cm³/mol. The summed E-state index contributed by atoms with van der Waals surface area (Å²) < 4.78 is 20.8. The van der Waals surface area contributed by atoms with Crippen molar-refractivity contribution in [2.75, 3.05) is 45.8 Å². The number of nitriles is 1. The van der Waals surface area contributed by atoms with Crippen LogP contribution < -0.4 is 0 Å². The maximum absolute atomic E-state index is 15.4. The number of hydrogen-bond donors (Lipinski definition) is 0. The van der Waals surface area contributed by atoms with Crippen molar-refractivity contribution in [1.82, 2.24) is 14.7 Å². The Labute approximate surface area is 191 Å². The van der Waals surface area contributed by atoms with Crippen LogP contribution in [0.25, 0.3) is 0 Å². The van der Waals surface area contributed by atoms with E-state index in [0.717, 1.165) is 19.6 Å². The number of halogens is 1. The van der Waals surface area contributed by atoms with E-state index in [1.807, 2.05) is 20.8 Å². The molecule has 0 aromatic carbocycles. The van der Waals surface area contributed by atoms with Crippen molar-refractivity contribution >= 4 is 12.0 Å². The number of piperidine rings is 3. The summed E-state index contributed by atoms with van der Waals surface area (Å²) in [4.78, 5) is 31.2. The number of carbonyl (C=O) groups excluding carboxylic acids is 2. The maximum Gasteiger partial charge on any atom is 0.410 e. The monoisotopic (exact) mass is 450 g/mol. The molecule has 0 bridgehead atoms. The number of rotatable bonds is 4. The average Bonchev–Trinajstić information content (AvgIpc) is 2.77. The van der Waals surface area contributed by atoms with Crippen molar-refractivity contribution in [2.45, 2.75) is 83.4 Å². The molecule has 3 aliphatic rings. The van der Waals surface area contributed by atoms with Gasteiger partial charge in [0.15, 0.2) is 0 Å². The molecule has 7 nitrogen and oxygen atoms in total. The van der Waals surface area contributed by atoms with Gasteiger partial charge in [0.05, 0.1) is 6.07 Å². The molecule has 2 amide bonds. The summed E-state index contributed by atoms with van der Waals surface area (Å²) in [5.41, 5.74) is -2.95. The first-order valence-corrected chi connectivity index (χ1v) is 12.2. The molecular weight excluding hydrogens is 411 g/mol. The van der Waals surface area contributed by atoms with Crippen molar-refractivity contribution in [3.63, 3.8) is 0 Å². The van der Waals surface area contributed by atoms with Gasteiger partial charge in [-0.15, -0.1) is 0 Å². The zero-order valence-corrected chi connectivity index (χ0v) is 20.0. The lowest BCUT2D eigenvalue weighted by molar-refractivity contribution is -0.144. The van der Waals surface area contributed by atoms with Crippen LogP contribution in [0, 0.1) is 16.7 Å². The third-order valence-electron chi connectivity index (χ3n) is 7.16. The molecule has 0 spiro atoms. The van der Waals surface area contributed by atoms with Gasteiger partial charge in [0, 0.05) is 32.7 Å². The summed E-state index contributed by atoms with van der Waals surface area (Å²) >= 11 is 0. The molecule has 0 saturated carbocycles. The van der Waals surface area contributed by atoms with E-state index in [9.17, 15) is 14.9 Å². The third kappa shape index (κ3) is 6.12. The molecule has 0 N–H and O–H groups in total. The van der Waals surface area contributed by atoms with Crippen LogP contribution in [0.15, 0.2) is 0 Å². The largest absolute Gasteiger partial charge is 0.444 e. The van der Waals surface area contributed by atoms with Gasteiger partial charge in [0.1, 0.15) is 16.7 Å². The highest BCUT2D eigenvalue weighted by atomic mass is 19.1. The molecule has 0 unspecified atom stereocenters. The van der Waals surface area contributed by atoms with Crippen LogP contribution >= 0.6 is 0 Å². The quantitative estimate of drug-likeness (QED) is 0.652. The Morgan fingerprint density at radius 3 is 2.03 bits per heavy atom. The first-order valence-electron chi connectivity index (χ1n) is 12.2. The second-order valence-electron chi connectivity index (χ2n) is 10.8. The minimum atomic E-state index is -1.23. The van der Waals surface area contributed by atoms with Gasteiger partial charge < -0.3 is 19.4 Å². The van der Waals surface area contributed by atoms with Crippen molar-refractivity contribution in [1.29, 1.82) is 5.26 Å². The first kappa shape index (κ1) is 24.8. The molecule has 3 saturated heterocycles. The zero-order chi connectivity index (χ0) is 23.4. The average molecular weight is 451 g/mol. The van der Waals surface area contributed by atoms with E-state index in [1.54, 1.807) is 9.80 Å². The summed E-state index contributed by atoms with van der Waals surface area (Å²) in [6, 6.07) is 2.24. The van der Waals surface area contributed by atoms with Gasteiger partial charge in [-0.1, -0.05) is 6.42 Å². The highest BCUT2D eigenvalue weighted by molar-refractivity contribution is 5.86.